The molecule has 0 spiro atoms. The van der Waals surface area contributed by atoms with Gasteiger partial charge in [0.15, 0.2) is 0 Å². The third-order valence-electron chi connectivity index (χ3n) is 6.30. The van der Waals surface area contributed by atoms with Gasteiger partial charge in [0.05, 0.1) is 10.6 Å². The van der Waals surface area contributed by atoms with Crippen molar-refractivity contribution in [1.82, 2.24) is 19.0 Å². The van der Waals surface area contributed by atoms with Crippen LogP contribution < -0.4 is 0 Å². The average Bonchev–Trinajstić information content (AvgIpc) is 3.32. The summed E-state index contributed by atoms with van der Waals surface area (Å²) >= 11 is 0. The largest absolute Gasteiger partial charge is 0.336 e. The Hall–Kier alpha value is -2.97. The van der Waals surface area contributed by atoms with Crippen LogP contribution in [0.2, 0.25) is 0 Å². The topological polar surface area (TPSA) is 75.5 Å². The normalized spacial score (nSPS) is 15.2. The van der Waals surface area contributed by atoms with Crippen LogP contribution >= 0.6 is 0 Å². The lowest BCUT2D eigenvalue weighted by Crippen LogP contribution is -2.50. The first-order chi connectivity index (χ1) is 15.2. The van der Waals surface area contributed by atoms with Crippen LogP contribution in [0.1, 0.15) is 32.6 Å². The highest BCUT2D eigenvalue weighted by molar-refractivity contribution is 7.89. The standard InChI is InChI=1S/C24H28N4O3S/c1-17-16-18(2)20(4)23(19(17)3)32(30,31)27-14-12-26(13-15-27)24(29)21-6-8-22(9-7-21)28-11-5-10-25-28/h5-11,16H,12-15H2,1-4H3. The zero-order chi connectivity index (χ0) is 23.0. The summed E-state index contributed by atoms with van der Waals surface area (Å²) in [6.07, 6.45) is 3.54. The van der Waals surface area contributed by atoms with Crippen LogP contribution in [0.25, 0.3) is 5.69 Å². The molecule has 32 heavy (non-hydrogen) atoms. The van der Waals surface area contributed by atoms with E-state index in [-0.39, 0.29) is 19.0 Å². The minimum absolute atomic E-state index is 0.0900. The summed E-state index contributed by atoms with van der Waals surface area (Å²) in [7, 11) is -3.63. The number of carbonyl (C=O) groups is 1. The van der Waals surface area contributed by atoms with Crippen molar-refractivity contribution in [2.24, 2.45) is 0 Å². The average molecular weight is 453 g/mol. The number of aryl methyl sites for hydroxylation is 2. The van der Waals surface area contributed by atoms with E-state index in [9.17, 15) is 13.2 Å². The molecule has 0 N–H and O–H groups in total. The van der Waals surface area contributed by atoms with Crippen LogP contribution in [0, 0.1) is 27.7 Å². The van der Waals surface area contributed by atoms with Gasteiger partial charge in [-0.3, -0.25) is 4.79 Å². The third-order valence-corrected chi connectivity index (χ3v) is 8.48. The number of hydrogen-bond donors (Lipinski definition) is 0. The molecule has 8 heteroatoms. The van der Waals surface area contributed by atoms with E-state index in [1.54, 1.807) is 27.9 Å². The van der Waals surface area contributed by atoms with E-state index >= 15 is 0 Å². The third kappa shape index (κ3) is 3.96. The molecule has 2 aromatic carbocycles. The lowest BCUT2D eigenvalue weighted by atomic mass is 10.0. The molecular weight excluding hydrogens is 424 g/mol. The highest BCUT2D eigenvalue weighted by Crippen LogP contribution is 2.29. The van der Waals surface area contributed by atoms with E-state index in [4.69, 9.17) is 0 Å². The Kier molecular flexibility index (Phi) is 5.92. The molecule has 4 rings (SSSR count). The van der Waals surface area contributed by atoms with Gasteiger partial charge in [0.1, 0.15) is 0 Å². The molecule has 168 valence electrons. The number of benzene rings is 2. The molecule has 0 radical (unpaired) electrons. The highest BCUT2D eigenvalue weighted by atomic mass is 32.2. The molecule has 1 aliphatic rings. The second-order valence-corrected chi connectivity index (χ2v) is 10.2. The van der Waals surface area contributed by atoms with Crippen LogP contribution in [0.15, 0.2) is 53.7 Å². The molecule has 1 saturated heterocycles. The van der Waals surface area contributed by atoms with Gasteiger partial charge in [-0.1, -0.05) is 6.07 Å². The second-order valence-electron chi connectivity index (χ2n) is 8.28. The number of hydrogen-bond acceptors (Lipinski definition) is 4. The molecule has 0 atom stereocenters. The van der Waals surface area contributed by atoms with Crippen molar-refractivity contribution >= 4 is 15.9 Å². The Bertz CT molecular complexity index is 1220. The van der Waals surface area contributed by atoms with Crippen LogP contribution in [0.5, 0.6) is 0 Å². The predicted molar refractivity (Wildman–Crippen MR) is 124 cm³/mol. The van der Waals surface area contributed by atoms with Crippen molar-refractivity contribution < 1.29 is 13.2 Å². The van der Waals surface area contributed by atoms with Gasteiger partial charge in [0.2, 0.25) is 10.0 Å². The Morgan fingerprint density at radius 1 is 0.906 bits per heavy atom. The number of rotatable bonds is 4. The Morgan fingerprint density at radius 3 is 2.03 bits per heavy atom. The smallest absolute Gasteiger partial charge is 0.253 e. The summed E-state index contributed by atoms with van der Waals surface area (Å²) in [4.78, 5) is 15.1. The Balaban J connectivity index is 1.48. The van der Waals surface area contributed by atoms with Gasteiger partial charge < -0.3 is 4.90 Å². The fourth-order valence-corrected chi connectivity index (χ4v) is 6.19. The van der Waals surface area contributed by atoms with E-state index in [1.165, 1.54) is 4.31 Å². The lowest BCUT2D eigenvalue weighted by molar-refractivity contribution is 0.0698. The van der Waals surface area contributed by atoms with Crippen LogP contribution in [0.4, 0.5) is 0 Å². The minimum atomic E-state index is -3.63. The van der Waals surface area contributed by atoms with E-state index in [1.807, 2.05) is 58.2 Å². The van der Waals surface area contributed by atoms with Crippen molar-refractivity contribution in [3.05, 3.63) is 76.6 Å². The summed E-state index contributed by atoms with van der Waals surface area (Å²) in [5.74, 6) is -0.0900. The van der Waals surface area contributed by atoms with E-state index in [2.05, 4.69) is 5.10 Å². The molecule has 3 aromatic rings. The predicted octanol–water partition coefficient (Wildman–Crippen LogP) is 3.25. The first kappa shape index (κ1) is 22.2. The quantitative estimate of drug-likeness (QED) is 0.609. The minimum Gasteiger partial charge on any atom is -0.336 e. The molecule has 1 amide bonds. The summed E-state index contributed by atoms with van der Waals surface area (Å²) < 4.78 is 30.1. The van der Waals surface area contributed by atoms with E-state index < -0.39 is 10.0 Å². The molecule has 0 bridgehead atoms. The van der Waals surface area contributed by atoms with Gasteiger partial charge in [0, 0.05) is 44.1 Å². The number of sulfonamides is 1. The van der Waals surface area contributed by atoms with Gasteiger partial charge in [-0.15, -0.1) is 0 Å². The van der Waals surface area contributed by atoms with Gasteiger partial charge in [0.25, 0.3) is 5.91 Å². The fraction of sp³-hybridized carbons (Fsp3) is 0.333. The number of nitrogens with zero attached hydrogens (tertiary/aromatic N) is 4. The number of carbonyl (C=O) groups excluding carboxylic acids is 1. The maximum absolute atomic E-state index is 13.4. The summed E-state index contributed by atoms with van der Waals surface area (Å²) in [5, 5.41) is 4.19. The molecule has 0 unspecified atom stereocenters. The van der Waals surface area contributed by atoms with E-state index in [0.717, 1.165) is 27.9 Å². The zero-order valence-corrected chi connectivity index (χ0v) is 19.7. The summed E-state index contributed by atoms with van der Waals surface area (Å²) in [5.41, 5.74) is 4.99. The molecular formula is C24H28N4O3S. The van der Waals surface area contributed by atoms with E-state index in [0.29, 0.717) is 23.5 Å². The number of amides is 1. The first-order valence-electron chi connectivity index (χ1n) is 10.7. The van der Waals surface area contributed by atoms with Crippen molar-refractivity contribution in [3.63, 3.8) is 0 Å². The molecule has 1 aromatic heterocycles. The maximum atomic E-state index is 13.4. The summed E-state index contributed by atoms with van der Waals surface area (Å²) in [6.45, 7) is 8.90. The van der Waals surface area contributed by atoms with Crippen LogP contribution in [0.3, 0.4) is 0 Å². The van der Waals surface area contributed by atoms with Crippen molar-refractivity contribution in [3.8, 4) is 5.69 Å². The fourth-order valence-electron chi connectivity index (χ4n) is 4.19. The SMILES string of the molecule is Cc1cc(C)c(C)c(S(=O)(=O)N2CCN(C(=O)c3ccc(-n4cccn4)cc3)CC2)c1C. The van der Waals surface area contributed by atoms with Crippen LogP contribution in [-0.4, -0.2) is 59.5 Å². The van der Waals surface area contributed by atoms with Crippen molar-refractivity contribution in [2.75, 3.05) is 26.2 Å². The first-order valence-corrected chi connectivity index (χ1v) is 12.1. The monoisotopic (exact) mass is 452 g/mol. The van der Waals surface area contributed by atoms with Gasteiger partial charge >= 0.3 is 0 Å². The van der Waals surface area contributed by atoms with Gasteiger partial charge in [-0.25, -0.2) is 13.1 Å². The Morgan fingerprint density at radius 2 is 1.50 bits per heavy atom. The van der Waals surface area contributed by atoms with Gasteiger partial charge in [-0.05, 0) is 80.3 Å². The highest BCUT2D eigenvalue weighted by Gasteiger charge is 2.33. The molecule has 1 fully saturated rings. The van der Waals surface area contributed by atoms with Gasteiger partial charge in [-0.2, -0.15) is 9.40 Å². The second kappa shape index (κ2) is 8.52. The zero-order valence-electron chi connectivity index (χ0n) is 18.9. The van der Waals surface area contributed by atoms with Crippen LogP contribution in [-0.2, 0) is 10.0 Å². The number of aromatic nitrogens is 2. The molecule has 0 aliphatic carbocycles. The molecule has 0 saturated carbocycles. The molecule has 1 aliphatic heterocycles. The number of piperazine rings is 1. The lowest BCUT2D eigenvalue weighted by Gasteiger charge is -2.35. The summed E-state index contributed by atoms with van der Waals surface area (Å²) in [6, 6.07) is 11.1. The maximum Gasteiger partial charge on any atom is 0.253 e. The van der Waals surface area contributed by atoms with Crippen molar-refractivity contribution in [2.45, 2.75) is 32.6 Å². The molecule has 7 nitrogen and oxygen atoms in total. The Labute approximate surface area is 189 Å². The van der Waals surface area contributed by atoms with Crippen molar-refractivity contribution in [1.29, 1.82) is 0 Å². The molecule has 2 heterocycles.